The fraction of sp³-hybridized carbons (Fsp3) is 0. The number of benzene rings is 14. The number of halogens is 2. The summed E-state index contributed by atoms with van der Waals surface area (Å²) in [7, 11) is 0. The van der Waals surface area contributed by atoms with Crippen LogP contribution in [0.3, 0.4) is 0 Å². The highest BCUT2D eigenvalue weighted by atomic mass is 35.5. The van der Waals surface area contributed by atoms with Crippen LogP contribution in [0, 0.1) is 0 Å². The Hall–Kier alpha value is -9.66. The highest BCUT2D eigenvalue weighted by Crippen LogP contribution is 2.58. The quantitative estimate of drug-likeness (QED) is 0.165. The molecule has 0 saturated carbocycles. The fourth-order valence-electron chi connectivity index (χ4n) is 13.7. The largest absolute Gasteiger partial charge is 0.456 e. The van der Waals surface area contributed by atoms with E-state index in [9.17, 15) is 0 Å². The highest BCUT2D eigenvalue weighted by Gasteiger charge is 2.31. The van der Waals surface area contributed by atoms with Gasteiger partial charge in [-0.05, 0) is 164 Å². The van der Waals surface area contributed by atoms with Crippen molar-refractivity contribution in [3.63, 3.8) is 0 Å². The molecule has 14 aromatic carbocycles. The van der Waals surface area contributed by atoms with E-state index < -0.39 is 0 Å². The molecular formula is C78H45Cl2N3OS2. The third kappa shape index (κ3) is 7.60. The van der Waals surface area contributed by atoms with Crippen LogP contribution in [0.4, 0.5) is 34.1 Å². The molecule has 86 heavy (non-hydrogen) atoms. The van der Waals surface area contributed by atoms with Crippen LogP contribution in [0.1, 0.15) is 0 Å². The van der Waals surface area contributed by atoms with Gasteiger partial charge in [-0.15, -0.1) is 0 Å². The number of anilines is 6. The van der Waals surface area contributed by atoms with Gasteiger partial charge in [0.2, 0.25) is 0 Å². The van der Waals surface area contributed by atoms with Gasteiger partial charge in [-0.3, -0.25) is 0 Å². The van der Waals surface area contributed by atoms with Crippen LogP contribution in [-0.4, -0.2) is 4.57 Å². The second kappa shape index (κ2) is 19.4. The van der Waals surface area contributed by atoms with E-state index in [2.05, 4.69) is 263 Å². The zero-order chi connectivity index (χ0) is 56.7. The Kier molecular flexibility index (Phi) is 11.2. The monoisotopic (exact) mass is 1170 g/mol. The van der Waals surface area contributed by atoms with Crippen LogP contribution in [0.25, 0.3) is 115 Å². The summed E-state index contributed by atoms with van der Waals surface area (Å²) in [5.41, 5.74) is 18.5. The lowest BCUT2D eigenvalue weighted by molar-refractivity contribution is 0.669. The molecule has 0 saturated heterocycles. The Bertz CT molecular complexity index is 5550. The van der Waals surface area contributed by atoms with Crippen molar-refractivity contribution in [2.75, 3.05) is 9.80 Å². The normalized spacial score (nSPS) is 12.9. The maximum Gasteiger partial charge on any atom is 0.135 e. The van der Waals surface area contributed by atoms with Crippen molar-refractivity contribution in [2.24, 2.45) is 0 Å². The van der Waals surface area contributed by atoms with Crippen molar-refractivity contribution >= 4 is 157 Å². The number of para-hydroxylation sites is 4. The van der Waals surface area contributed by atoms with E-state index in [1.807, 2.05) is 24.3 Å². The second-order valence-corrected chi connectivity index (χ2v) is 25.1. The minimum Gasteiger partial charge on any atom is -0.456 e. The highest BCUT2D eigenvalue weighted by molar-refractivity contribution is 8.00. The summed E-state index contributed by atoms with van der Waals surface area (Å²) in [4.78, 5) is 9.29. The summed E-state index contributed by atoms with van der Waals surface area (Å²) in [6.07, 6.45) is 0. The Labute approximate surface area is 513 Å². The Morgan fingerprint density at radius 3 is 1.52 bits per heavy atom. The molecule has 4 nitrogen and oxygen atoms in total. The van der Waals surface area contributed by atoms with Crippen molar-refractivity contribution in [3.05, 3.63) is 283 Å². The smallest absolute Gasteiger partial charge is 0.135 e. The SMILES string of the molecule is Clc1cccc2c1N(c1cccc3ccccc13)c1ccc(-c3ccc4c(c3)c3c5cccc(-c6cccc7c(N8c9ccc(-c%10ccc%11oc%12ccccc%12c%11c%10)cc9Sc9cccc(Cl)c98)cccc67)c5ccc3n4-c3ccccc3)cc1S2. The van der Waals surface area contributed by atoms with Crippen molar-refractivity contribution in [2.45, 2.75) is 19.6 Å². The number of hydrogen-bond acceptors (Lipinski definition) is 5. The van der Waals surface area contributed by atoms with E-state index in [1.54, 1.807) is 23.5 Å². The van der Waals surface area contributed by atoms with Crippen molar-refractivity contribution in [1.29, 1.82) is 0 Å². The maximum atomic E-state index is 7.31. The van der Waals surface area contributed by atoms with E-state index in [0.717, 1.165) is 131 Å². The summed E-state index contributed by atoms with van der Waals surface area (Å²) in [6.45, 7) is 0. The molecule has 0 fully saturated rings. The van der Waals surface area contributed by atoms with Crippen molar-refractivity contribution < 1.29 is 4.42 Å². The summed E-state index contributed by atoms with van der Waals surface area (Å²) >= 11 is 18.0. The first-order valence-electron chi connectivity index (χ1n) is 28.8. The van der Waals surface area contributed by atoms with Gasteiger partial charge in [-0.1, -0.05) is 211 Å². The molecule has 0 bridgehead atoms. The molecule has 2 aromatic heterocycles. The molecule has 2 aliphatic rings. The van der Waals surface area contributed by atoms with Crippen LogP contribution in [0.15, 0.2) is 297 Å². The molecule has 404 valence electrons. The Morgan fingerprint density at radius 2 is 0.802 bits per heavy atom. The van der Waals surface area contributed by atoms with Crippen molar-refractivity contribution in [3.8, 4) is 39.1 Å². The molecule has 4 heterocycles. The van der Waals surface area contributed by atoms with Gasteiger partial charge < -0.3 is 18.8 Å². The number of aromatic nitrogens is 1. The number of fused-ring (bicyclic) bond motifs is 14. The topological polar surface area (TPSA) is 24.6 Å². The lowest BCUT2D eigenvalue weighted by atomic mass is 9.91. The van der Waals surface area contributed by atoms with E-state index in [-0.39, 0.29) is 0 Å². The Morgan fingerprint density at radius 1 is 0.302 bits per heavy atom. The van der Waals surface area contributed by atoms with Crippen LogP contribution in [0.5, 0.6) is 0 Å². The number of hydrogen-bond donors (Lipinski definition) is 0. The van der Waals surface area contributed by atoms with E-state index in [1.165, 1.54) is 42.8 Å². The van der Waals surface area contributed by atoms with Gasteiger partial charge in [0.25, 0.3) is 0 Å². The number of nitrogens with zero attached hydrogens (tertiary/aromatic N) is 3. The van der Waals surface area contributed by atoms with Crippen LogP contribution >= 0.6 is 46.7 Å². The molecule has 0 spiro atoms. The van der Waals surface area contributed by atoms with Crippen LogP contribution in [-0.2, 0) is 0 Å². The summed E-state index contributed by atoms with van der Waals surface area (Å²) in [6, 6.07) is 98.9. The van der Waals surface area contributed by atoms with Crippen molar-refractivity contribution in [1.82, 2.24) is 4.57 Å². The van der Waals surface area contributed by atoms with Gasteiger partial charge in [0.15, 0.2) is 0 Å². The first-order valence-corrected chi connectivity index (χ1v) is 31.1. The minimum atomic E-state index is 0.705. The minimum absolute atomic E-state index is 0.705. The van der Waals surface area contributed by atoms with E-state index in [0.29, 0.717) is 5.02 Å². The van der Waals surface area contributed by atoms with Gasteiger partial charge in [-0.25, -0.2) is 0 Å². The predicted octanol–water partition coefficient (Wildman–Crippen LogP) is 24.3. The van der Waals surface area contributed by atoms with Gasteiger partial charge in [-0.2, -0.15) is 0 Å². The number of rotatable bonds is 6. The zero-order valence-electron chi connectivity index (χ0n) is 45.8. The lowest BCUT2D eigenvalue weighted by Crippen LogP contribution is -2.16. The molecule has 16 aromatic rings. The third-order valence-corrected chi connectivity index (χ3v) is 20.3. The Balaban J connectivity index is 0.780. The fourth-order valence-corrected chi connectivity index (χ4v) is 16.6. The summed E-state index contributed by atoms with van der Waals surface area (Å²) in [5.74, 6) is 0. The standard InChI is InChI=1S/C78H45Cl2N3OS2/c79-62-25-12-30-72-77(62)82(64-27-8-15-46-14-4-5-18-52(46)64)67-38-33-49(44-74(67)85-72)47-32-37-66-61(43-47)76-59-24-10-21-54(56(59)36-40-69(76)81(66)51-16-2-1-3-17-51)53-20-9-23-57-55(53)22-11-28-65(57)83-68-39-34-50(45-75(68)86-73-31-13-26-63(80)78(73)83)48-35-41-71-60(42-48)58-19-6-7-29-70(58)84-71/h1-45H. The van der Waals surface area contributed by atoms with Crippen LogP contribution in [0.2, 0.25) is 10.0 Å². The molecule has 0 aliphatic carbocycles. The van der Waals surface area contributed by atoms with Gasteiger partial charge in [0.1, 0.15) is 11.2 Å². The molecule has 18 rings (SSSR count). The molecule has 2 aliphatic heterocycles. The van der Waals surface area contributed by atoms with Gasteiger partial charge >= 0.3 is 0 Å². The van der Waals surface area contributed by atoms with E-state index in [4.69, 9.17) is 27.6 Å². The average molecular weight is 1180 g/mol. The molecule has 0 unspecified atom stereocenters. The molecule has 0 amide bonds. The van der Waals surface area contributed by atoms with Gasteiger partial charge in [0, 0.05) is 57.6 Å². The third-order valence-electron chi connectivity index (χ3n) is 17.5. The lowest BCUT2D eigenvalue weighted by Gasteiger charge is -2.34. The van der Waals surface area contributed by atoms with Crippen LogP contribution < -0.4 is 9.80 Å². The first kappa shape index (κ1) is 49.7. The van der Waals surface area contributed by atoms with E-state index >= 15 is 0 Å². The summed E-state index contributed by atoms with van der Waals surface area (Å²) < 4.78 is 8.65. The molecule has 0 atom stereocenters. The summed E-state index contributed by atoms with van der Waals surface area (Å²) in [5, 5.41) is 13.1. The predicted molar refractivity (Wildman–Crippen MR) is 365 cm³/mol. The molecule has 8 heteroatoms. The number of furan rings is 1. The molecule has 0 N–H and O–H groups in total. The molecular weight excluding hydrogens is 1130 g/mol. The maximum absolute atomic E-state index is 7.31. The second-order valence-electron chi connectivity index (χ2n) is 22.2. The van der Waals surface area contributed by atoms with Gasteiger partial charge in [0.05, 0.1) is 55.2 Å². The zero-order valence-corrected chi connectivity index (χ0v) is 48.9. The molecule has 0 radical (unpaired) electrons. The first-order chi connectivity index (χ1) is 42.5. The average Bonchev–Trinajstić information content (AvgIpc) is 1.53.